The first-order valence-electron chi connectivity index (χ1n) is 7.54. The number of furan rings is 1. The van der Waals surface area contributed by atoms with E-state index in [9.17, 15) is 4.79 Å². The predicted octanol–water partition coefficient (Wildman–Crippen LogP) is 3.05. The lowest BCUT2D eigenvalue weighted by molar-refractivity contribution is -0.138. The van der Waals surface area contributed by atoms with Crippen LogP contribution in [0.15, 0.2) is 29.0 Å². The highest BCUT2D eigenvalue weighted by Gasteiger charge is 2.42. The molecule has 1 N–H and O–H groups in total. The highest BCUT2D eigenvalue weighted by atomic mass is 16.4. The molecular formula is C16H18N2O3. The van der Waals surface area contributed by atoms with Gasteiger partial charge in [-0.1, -0.05) is 0 Å². The zero-order valence-electron chi connectivity index (χ0n) is 11.7. The fourth-order valence-corrected chi connectivity index (χ4v) is 4.13. The van der Waals surface area contributed by atoms with E-state index >= 15 is 0 Å². The summed E-state index contributed by atoms with van der Waals surface area (Å²) in [6.07, 6.45) is 7.98. The summed E-state index contributed by atoms with van der Waals surface area (Å²) in [6.45, 7) is 0. The van der Waals surface area contributed by atoms with Crippen LogP contribution in [0, 0.1) is 5.92 Å². The van der Waals surface area contributed by atoms with Crippen LogP contribution in [-0.2, 0) is 4.79 Å². The Bertz CT molecular complexity index is 667. The van der Waals surface area contributed by atoms with Crippen molar-refractivity contribution in [1.82, 2.24) is 4.98 Å². The summed E-state index contributed by atoms with van der Waals surface area (Å²) >= 11 is 0. The minimum absolute atomic E-state index is 0.296. The van der Waals surface area contributed by atoms with Crippen LogP contribution in [0.1, 0.15) is 32.1 Å². The van der Waals surface area contributed by atoms with Gasteiger partial charge < -0.3 is 14.4 Å². The van der Waals surface area contributed by atoms with E-state index in [1.807, 2.05) is 12.1 Å². The highest BCUT2D eigenvalue weighted by molar-refractivity contribution is 5.89. The van der Waals surface area contributed by atoms with Crippen LogP contribution in [-0.4, -0.2) is 28.1 Å². The predicted molar refractivity (Wildman–Crippen MR) is 78.3 cm³/mol. The maximum absolute atomic E-state index is 11.0. The van der Waals surface area contributed by atoms with Crippen molar-refractivity contribution in [1.29, 1.82) is 0 Å². The fraction of sp³-hybridized carbons (Fsp3) is 0.500. The van der Waals surface area contributed by atoms with Crippen LogP contribution >= 0.6 is 0 Å². The number of anilines is 1. The van der Waals surface area contributed by atoms with Crippen molar-refractivity contribution in [2.45, 2.75) is 44.2 Å². The summed E-state index contributed by atoms with van der Waals surface area (Å²) in [5.41, 5.74) is 0.868. The van der Waals surface area contributed by atoms with Crippen LogP contribution in [0.4, 0.5) is 5.82 Å². The van der Waals surface area contributed by atoms with Gasteiger partial charge in [-0.15, -0.1) is 0 Å². The zero-order valence-corrected chi connectivity index (χ0v) is 11.7. The third-order valence-electron chi connectivity index (χ3n) is 4.90. The van der Waals surface area contributed by atoms with E-state index in [0.29, 0.717) is 24.4 Å². The fourth-order valence-electron chi connectivity index (χ4n) is 4.13. The maximum Gasteiger partial charge on any atom is 0.303 e. The molecule has 5 nitrogen and oxygen atoms in total. The number of carboxylic acids is 1. The third kappa shape index (κ3) is 2.07. The number of carboxylic acid groups (broad SMARTS) is 1. The van der Waals surface area contributed by atoms with Crippen molar-refractivity contribution in [3.63, 3.8) is 0 Å². The average Bonchev–Trinajstić information content (AvgIpc) is 3.01. The second kappa shape index (κ2) is 4.76. The lowest BCUT2D eigenvalue weighted by Crippen LogP contribution is -2.43. The van der Waals surface area contributed by atoms with Gasteiger partial charge in [0, 0.05) is 24.7 Å². The number of nitrogens with zero attached hydrogens (tertiary/aromatic N) is 2. The summed E-state index contributed by atoms with van der Waals surface area (Å²) in [6, 6.07) is 4.69. The van der Waals surface area contributed by atoms with E-state index in [1.54, 1.807) is 12.5 Å². The first kappa shape index (κ1) is 12.7. The summed E-state index contributed by atoms with van der Waals surface area (Å²) in [4.78, 5) is 17.9. The smallest absolute Gasteiger partial charge is 0.303 e. The standard InChI is InChI=1S/C16H18N2O3/c19-15(20)9-10-7-11-1-2-12(8-10)18(11)16-13-4-6-21-14(13)3-5-17-16/h3-6,10-12H,1-2,7-9H2,(H,19,20). The molecule has 2 aliphatic rings. The molecule has 21 heavy (non-hydrogen) atoms. The number of piperidine rings is 1. The Morgan fingerprint density at radius 1 is 1.33 bits per heavy atom. The van der Waals surface area contributed by atoms with Gasteiger partial charge in [-0.25, -0.2) is 4.98 Å². The molecule has 2 aromatic rings. The largest absolute Gasteiger partial charge is 0.481 e. The van der Waals surface area contributed by atoms with Crippen LogP contribution < -0.4 is 4.90 Å². The Morgan fingerprint density at radius 3 is 2.81 bits per heavy atom. The van der Waals surface area contributed by atoms with Crippen molar-refractivity contribution < 1.29 is 14.3 Å². The average molecular weight is 286 g/mol. The molecule has 0 aromatic carbocycles. The Hall–Kier alpha value is -2.04. The summed E-state index contributed by atoms with van der Waals surface area (Å²) in [7, 11) is 0. The normalized spacial score (nSPS) is 28.2. The highest BCUT2D eigenvalue weighted by Crippen LogP contribution is 2.43. The number of aromatic nitrogens is 1. The monoisotopic (exact) mass is 286 g/mol. The molecule has 5 heteroatoms. The van der Waals surface area contributed by atoms with Gasteiger partial charge in [0.15, 0.2) is 0 Å². The van der Waals surface area contributed by atoms with E-state index in [2.05, 4.69) is 9.88 Å². The lowest BCUT2D eigenvalue weighted by atomic mass is 9.88. The molecular weight excluding hydrogens is 268 g/mol. The van der Waals surface area contributed by atoms with Crippen LogP contribution in [0.3, 0.4) is 0 Å². The molecule has 2 aliphatic heterocycles. The van der Waals surface area contributed by atoms with Crippen molar-refractivity contribution in [3.05, 3.63) is 24.6 Å². The Balaban J connectivity index is 1.65. The van der Waals surface area contributed by atoms with Crippen molar-refractivity contribution >= 4 is 22.8 Å². The Labute approximate surface area is 122 Å². The molecule has 2 bridgehead atoms. The number of pyridine rings is 1. The Kier molecular flexibility index (Phi) is 2.87. The SMILES string of the molecule is O=C(O)CC1CC2CCC(C1)N2c1nccc2occc12. The van der Waals surface area contributed by atoms with Gasteiger partial charge in [0.05, 0.1) is 11.6 Å². The zero-order chi connectivity index (χ0) is 14.4. The first-order valence-corrected chi connectivity index (χ1v) is 7.54. The summed E-state index contributed by atoms with van der Waals surface area (Å²) < 4.78 is 5.47. The van der Waals surface area contributed by atoms with E-state index in [-0.39, 0.29) is 0 Å². The molecule has 2 fully saturated rings. The third-order valence-corrected chi connectivity index (χ3v) is 4.90. The van der Waals surface area contributed by atoms with Crippen LogP contribution in [0.5, 0.6) is 0 Å². The molecule has 2 saturated heterocycles. The summed E-state index contributed by atoms with van der Waals surface area (Å²) in [5.74, 6) is 0.630. The van der Waals surface area contributed by atoms with Crippen molar-refractivity contribution in [3.8, 4) is 0 Å². The van der Waals surface area contributed by atoms with Gasteiger partial charge in [-0.05, 0) is 43.7 Å². The minimum Gasteiger partial charge on any atom is -0.481 e. The van der Waals surface area contributed by atoms with E-state index in [4.69, 9.17) is 9.52 Å². The molecule has 2 aromatic heterocycles. The molecule has 2 atom stereocenters. The van der Waals surface area contributed by atoms with E-state index in [1.165, 1.54) is 0 Å². The van der Waals surface area contributed by atoms with Crippen molar-refractivity contribution in [2.75, 3.05) is 4.90 Å². The maximum atomic E-state index is 11.0. The number of hydrogen-bond acceptors (Lipinski definition) is 4. The van der Waals surface area contributed by atoms with Gasteiger partial charge in [0.1, 0.15) is 11.4 Å². The first-order chi connectivity index (χ1) is 10.2. The molecule has 4 heterocycles. The van der Waals surface area contributed by atoms with Gasteiger partial charge >= 0.3 is 5.97 Å². The van der Waals surface area contributed by atoms with E-state index < -0.39 is 5.97 Å². The number of hydrogen-bond donors (Lipinski definition) is 1. The van der Waals surface area contributed by atoms with Crippen LogP contribution in [0.2, 0.25) is 0 Å². The van der Waals surface area contributed by atoms with Gasteiger partial charge in [-0.2, -0.15) is 0 Å². The molecule has 2 unspecified atom stereocenters. The van der Waals surface area contributed by atoms with Gasteiger partial charge in [0.25, 0.3) is 0 Å². The second-order valence-corrected chi connectivity index (χ2v) is 6.19. The quantitative estimate of drug-likeness (QED) is 0.939. The number of carbonyl (C=O) groups is 1. The molecule has 0 spiro atoms. The second-order valence-electron chi connectivity index (χ2n) is 6.19. The van der Waals surface area contributed by atoms with Crippen molar-refractivity contribution in [2.24, 2.45) is 5.92 Å². The van der Waals surface area contributed by atoms with Gasteiger partial charge in [0.2, 0.25) is 0 Å². The number of aliphatic carboxylic acids is 1. The number of rotatable bonds is 3. The minimum atomic E-state index is -0.678. The van der Waals surface area contributed by atoms with Gasteiger partial charge in [-0.3, -0.25) is 4.79 Å². The lowest BCUT2D eigenvalue weighted by Gasteiger charge is -2.39. The molecule has 110 valence electrons. The molecule has 0 amide bonds. The number of fused-ring (bicyclic) bond motifs is 3. The van der Waals surface area contributed by atoms with Crippen LogP contribution in [0.25, 0.3) is 11.0 Å². The van der Waals surface area contributed by atoms with E-state index in [0.717, 1.165) is 42.5 Å². The molecule has 0 saturated carbocycles. The topological polar surface area (TPSA) is 66.6 Å². The molecule has 0 aliphatic carbocycles. The summed E-state index contributed by atoms with van der Waals surface area (Å²) in [5, 5.41) is 10.1. The molecule has 0 radical (unpaired) electrons. The molecule has 4 rings (SSSR count). The Morgan fingerprint density at radius 2 is 2.10 bits per heavy atom.